The summed E-state index contributed by atoms with van der Waals surface area (Å²) in [4.78, 5) is 14.2. The van der Waals surface area contributed by atoms with Gasteiger partial charge in [0, 0.05) is 20.3 Å². The lowest BCUT2D eigenvalue weighted by Crippen LogP contribution is -2.33. The summed E-state index contributed by atoms with van der Waals surface area (Å²) in [5.41, 5.74) is 1.82. The molecule has 114 valence electrons. The topological polar surface area (TPSA) is 56.0 Å². The predicted octanol–water partition coefficient (Wildman–Crippen LogP) is 2.67. The third kappa shape index (κ3) is 3.37. The van der Waals surface area contributed by atoms with Crippen molar-refractivity contribution in [3.63, 3.8) is 0 Å². The van der Waals surface area contributed by atoms with Gasteiger partial charge in [-0.1, -0.05) is 0 Å². The van der Waals surface area contributed by atoms with E-state index in [4.69, 9.17) is 0 Å². The minimum absolute atomic E-state index is 0.00176. The number of aryl methyl sites for hydroxylation is 2. The van der Waals surface area contributed by atoms with Crippen LogP contribution in [0.1, 0.15) is 24.4 Å². The van der Waals surface area contributed by atoms with Crippen LogP contribution in [0.3, 0.4) is 0 Å². The zero-order valence-corrected chi connectivity index (χ0v) is 15.5. The normalized spacial score (nSPS) is 12.5. The quantitative estimate of drug-likeness (QED) is 0.766. The molecule has 2 aromatic rings. The number of hydrogen-bond acceptors (Lipinski definition) is 3. The Hall–Kier alpha value is -1.15. The molecule has 1 atom stereocenters. The molecule has 0 spiro atoms. The maximum absolute atomic E-state index is 12.5. The van der Waals surface area contributed by atoms with Gasteiger partial charge in [0.1, 0.15) is 6.04 Å². The number of hydrogen-bond donors (Lipinski definition) is 0. The maximum Gasteiger partial charge on any atom is 0.247 e. The van der Waals surface area contributed by atoms with Crippen molar-refractivity contribution < 1.29 is 4.79 Å². The highest BCUT2D eigenvalue weighted by molar-refractivity contribution is 9.10. The van der Waals surface area contributed by atoms with Crippen LogP contribution >= 0.6 is 31.9 Å². The monoisotopic (exact) mass is 417 g/mol. The molecule has 1 unspecified atom stereocenters. The summed E-state index contributed by atoms with van der Waals surface area (Å²) in [7, 11) is 3.64. The second-order valence-corrected chi connectivity index (χ2v) is 6.68. The molecule has 21 heavy (non-hydrogen) atoms. The van der Waals surface area contributed by atoms with Crippen LogP contribution in [0.4, 0.5) is 0 Å². The van der Waals surface area contributed by atoms with E-state index in [2.05, 4.69) is 42.1 Å². The summed E-state index contributed by atoms with van der Waals surface area (Å²) in [6, 6.07) is -0.355. The van der Waals surface area contributed by atoms with E-state index < -0.39 is 0 Å². The fraction of sp³-hybridized carbons (Fsp3) is 0.462. The van der Waals surface area contributed by atoms with Gasteiger partial charge in [0.25, 0.3) is 0 Å². The van der Waals surface area contributed by atoms with Crippen molar-refractivity contribution in [1.82, 2.24) is 24.5 Å². The Morgan fingerprint density at radius 1 is 1.43 bits per heavy atom. The molecule has 2 aromatic heterocycles. The number of rotatable bonds is 4. The maximum atomic E-state index is 12.5. The van der Waals surface area contributed by atoms with E-state index in [1.165, 1.54) is 0 Å². The number of nitrogens with zero attached hydrogens (tertiary/aromatic N) is 5. The lowest BCUT2D eigenvalue weighted by Gasteiger charge is -2.22. The van der Waals surface area contributed by atoms with Crippen molar-refractivity contribution in [3.05, 3.63) is 32.7 Å². The van der Waals surface area contributed by atoms with Gasteiger partial charge in [0.2, 0.25) is 5.91 Å². The molecule has 0 N–H and O–H groups in total. The molecule has 0 aliphatic rings. The van der Waals surface area contributed by atoms with Gasteiger partial charge in [-0.15, -0.1) is 0 Å². The van der Waals surface area contributed by atoms with E-state index in [1.54, 1.807) is 27.5 Å². The average Bonchev–Trinajstić information content (AvgIpc) is 2.94. The lowest BCUT2D eigenvalue weighted by atomic mass is 10.3. The Morgan fingerprint density at radius 2 is 2.10 bits per heavy atom. The highest BCUT2D eigenvalue weighted by Gasteiger charge is 2.22. The van der Waals surface area contributed by atoms with Gasteiger partial charge in [-0.3, -0.25) is 14.2 Å². The highest BCUT2D eigenvalue weighted by atomic mass is 79.9. The Labute approximate surface area is 140 Å². The molecule has 0 saturated carbocycles. The van der Waals surface area contributed by atoms with E-state index in [0.717, 1.165) is 20.3 Å². The number of amides is 1. The summed E-state index contributed by atoms with van der Waals surface area (Å²) in [6.07, 6.45) is 3.55. The number of aromatic nitrogens is 4. The van der Waals surface area contributed by atoms with Gasteiger partial charge in [-0.05, 0) is 45.7 Å². The van der Waals surface area contributed by atoms with E-state index in [-0.39, 0.29) is 11.9 Å². The number of carbonyl (C=O) groups is 1. The molecule has 2 heterocycles. The summed E-state index contributed by atoms with van der Waals surface area (Å²) < 4.78 is 5.23. The fourth-order valence-corrected chi connectivity index (χ4v) is 2.77. The molecule has 0 radical (unpaired) electrons. The number of carbonyl (C=O) groups excluding carboxylic acids is 1. The standard InChI is InChI=1S/C13H17Br2N5O/c1-8-11(15)6-20(17-8)9(2)13(21)18(3)7-12-10(14)5-16-19(12)4/h5-6,9H,7H2,1-4H3. The second kappa shape index (κ2) is 6.31. The molecular formula is C13H17Br2N5O. The molecule has 0 fully saturated rings. The minimum Gasteiger partial charge on any atom is -0.338 e. The smallest absolute Gasteiger partial charge is 0.247 e. The second-order valence-electron chi connectivity index (χ2n) is 4.98. The summed E-state index contributed by atoms with van der Waals surface area (Å²) in [5.74, 6) is -0.00176. The van der Waals surface area contributed by atoms with E-state index in [0.29, 0.717) is 6.54 Å². The Bertz CT molecular complexity index is 625. The first-order chi connectivity index (χ1) is 9.81. The van der Waals surface area contributed by atoms with Crippen LogP contribution in [0, 0.1) is 6.92 Å². The first-order valence-corrected chi connectivity index (χ1v) is 8.02. The van der Waals surface area contributed by atoms with E-state index in [1.807, 2.05) is 27.1 Å². The van der Waals surface area contributed by atoms with Gasteiger partial charge < -0.3 is 4.90 Å². The molecule has 0 saturated heterocycles. The summed E-state index contributed by atoms with van der Waals surface area (Å²) in [6.45, 7) is 4.23. The van der Waals surface area contributed by atoms with Gasteiger partial charge in [-0.2, -0.15) is 10.2 Å². The van der Waals surface area contributed by atoms with Gasteiger partial charge >= 0.3 is 0 Å². The van der Waals surface area contributed by atoms with Crippen molar-refractivity contribution in [1.29, 1.82) is 0 Å². The third-order valence-corrected chi connectivity index (χ3v) is 4.83. The number of likely N-dealkylation sites (N-methyl/N-ethyl adjacent to an activating group) is 1. The zero-order valence-electron chi connectivity index (χ0n) is 12.3. The summed E-state index contributed by atoms with van der Waals surface area (Å²) >= 11 is 6.86. The molecule has 6 nitrogen and oxygen atoms in total. The Morgan fingerprint density at radius 3 is 2.57 bits per heavy atom. The predicted molar refractivity (Wildman–Crippen MR) is 86.8 cm³/mol. The van der Waals surface area contributed by atoms with E-state index in [9.17, 15) is 4.79 Å². The van der Waals surface area contributed by atoms with Gasteiger partial charge in [-0.25, -0.2) is 0 Å². The molecule has 1 amide bonds. The van der Waals surface area contributed by atoms with Crippen molar-refractivity contribution in [3.8, 4) is 0 Å². The summed E-state index contributed by atoms with van der Waals surface area (Å²) in [5, 5.41) is 8.50. The average molecular weight is 419 g/mol. The highest BCUT2D eigenvalue weighted by Crippen LogP contribution is 2.20. The third-order valence-electron chi connectivity index (χ3n) is 3.38. The van der Waals surface area contributed by atoms with Crippen molar-refractivity contribution in [2.75, 3.05) is 7.05 Å². The van der Waals surface area contributed by atoms with Crippen LogP contribution in [0.15, 0.2) is 21.3 Å². The van der Waals surface area contributed by atoms with E-state index >= 15 is 0 Å². The van der Waals surface area contributed by atoms with Crippen LogP contribution in [0.2, 0.25) is 0 Å². The van der Waals surface area contributed by atoms with Crippen LogP contribution < -0.4 is 0 Å². The molecule has 0 aliphatic heterocycles. The molecule has 0 aromatic carbocycles. The van der Waals surface area contributed by atoms with Crippen molar-refractivity contribution >= 4 is 37.8 Å². The molecule has 0 aliphatic carbocycles. The lowest BCUT2D eigenvalue weighted by molar-refractivity contribution is -0.133. The first kappa shape index (κ1) is 16.2. The SMILES string of the molecule is Cc1nn(C(C)C(=O)N(C)Cc2c(Br)cnn2C)cc1Br. The van der Waals surface area contributed by atoms with Crippen LogP contribution in [0.25, 0.3) is 0 Å². The Balaban J connectivity index is 2.12. The van der Waals surface area contributed by atoms with Crippen LogP contribution in [-0.2, 0) is 18.4 Å². The molecule has 8 heteroatoms. The zero-order chi connectivity index (χ0) is 15.7. The number of halogens is 2. The van der Waals surface area contributed by atoms with Gasteiger partial charge in [0.05, 0.1) is 33.1 Å². The molecular weight excluding hydrogens is 402 g/mol. The minimum atomic E-state index is -0.355. The van der Waals surface area contributed by atoms with Crippen LogP contribution in [-0.4, -0.2) is 37.4 Å². The Kier molecular flexibility index (Phi) is 4.88. The van der Waals surface area contributed by atoms with Crippen LogP contribution in [0.5, 0.6) is 0 Å². The largest absolute Gasteiger partial charge is 0.338 e. The molecule has 0 bridgehead atoms. The first-order valence-electron chi connectivity index (χ1n) is 6.44. The fourth-order valence-electron chi connectivity index (χ4n) is 2.01. The molecule has 2 rings (SSSR count). The van der Waals surface area contributed by atoms with Crippen molar-refractivity contribution in [2.24, 2.45) is 7.05 Å². The van der Waals surface area contributed by atoms with Gasteiger partial charge in [0.15, 0.2) is 0 Å². The van der Waals surface area contributed by atoms with Crippen molar-refractivity contribution in [2.45, 2.75) is 26.4 Å².